The van der Waals surface area contributed by atoms with Crippen molar-refractivity contribution in [3.05, 3.63) is 0 Å². The van der Waals surface area contributed by atoms with Crippen molar-refractivity contribution < 1.29 is 9.90 Å². The van der Waals surface area contributed by atoms with Crippen molar-refractivity contribution in [3.63, 3.8) is 0 Å². The van der Waals surface area contributed by atoms with E-state index in [0.717, 1.165) is 64.8 Å². The van der Waals surface area contributed by atoms with Crippen LogP contribution in [0.2, 0.25) is 0 Å². The monoisotopic (exact) mass is 297 g/mol. The molecule has 0 aromatic heterocycles. The van der Waals surface area contributed by atoms with Gasteiger partial charge in [0.1, 0.15) is 0 Å². The zero-order chi connectivity index (χ0) is 15.3. The van der Waals surface area contributed by atoms with Crippen LogP contribution in [0.15, 0.2) is 0 Å². The minimum Gasteiger partial charge on any atom is -0.396 e. The molecule has 21 heavy (non-hydrogen) atoms. The molecule has 0 unspecified atom stereocenters. The Morgan fingerprint density at radius 3 is 2.29 bits per heavy atom. The molecule has 122 valence electrons. The Morgan fingerprint density at radius 1 is 1.19 bits per heavy atom. The number of aliphatic hydroxyl groups is 1. The first kappa shape index (κ1) is 16.6. The van der Waals surface area contributed by atoms with E-state index in [1.165, 1.54) is 0 Å². The van der Waals surface area contributed by atoms with Gasteiger partial charge in [-0.05, 0) is 44.1 Å². The fraction of sp³-hybridized carbons (Fsp3) is 0.938. The number of piperidine rings is 2. The summed E-state index contributed by atoms with van der Waals surface area (Å²) in [6.45, 7) is 9.39. The lowest BCUT2D eigenvalue weighted by Crippen LogP contribution is -2.52. The van der Waals surface area contributed by atoms with Gasteiger partial charge in [0.05, 0.1) is 0 Å². The first-order valence-corrected chi connectivity index (χ1v) is 8.51. The number of rotatable bonds is 4. The predicted molar refractivity (Wildman–Crippen MR) is 84.3 cm³/mol. The van der Waals surface area contributed by atoms with Crippen LogP contribution < -0.4 is 5.32 Å². The summed E-state index contributed by atoms with van der Waals surface area (Å²) in [5, 5.41) is 12.7. The van der Waals surface area contributed by atoms with Crippen molar-refractivity contribution in [2.24, 2.45) is 5.41 Å². The average molecular weight is 297 g/mol. The second-order valence-electron chi connectivity index (χ2n) is 6.66. The van der Waals surface area contributed by atoms with Crippen molar-refractivity contribution in [1.29, 1.82) is 0 Å². The highest BCUT2D eigenvalue weighted by Crippen LogP contribution is 2.34. The van der Waals surface area contributed by atoms with E-state index in [4.69, 9.17) is 0 Å². The topological polar surface area (TPSA) is 55.8 Å². The molecule has 0 aromatic rings. The Hall–Kier alpha value is -0.810. The smallest absolute Gasteiger partial charge is 0.317 e. The van der Waals surface area contributed by atoms with Crippen LogP contribution in [0.4, 0.5) is 4.79 Å². The Labute approximate surface area is 128 Å². The Kier molecular flexibility index (Phi) is 5.88. The number of hydrogen-bond donors (Lipinski definition) is 2. The summed E-state index contributed by atoms with van der Waals surface area (Å²) in [5.41, 5.74) is 0.0449. The van der Waals surface area contributed by atoms with Crippen LogP contribution in [-0.4, -0.2) is 66.3 Å². The summed E-state index contributed by atoms with van der Waals surface area (Å²) in [7, 11) is 0. The van der Waals surface area contributed by atoms with E-state index in [1.807, 2.05) is 4.90 Å². The van der Waals surface area contributed by atoms with E-state index < -0.39 is 0 Å². The van der Waals surface area contributed by atoms with Crippen LogP contribution >= 0.6 is 0 Å². The van der Waals surface area contributed by atoms with Crippen molar-refractivity contribution in [1.82, 2.24) is 15.1 Å². The second kappa shape index (κ2) is 7.45. The second-order valence-corrected chi connectivity index (χ2v) is 6.66. The molecular weight excluding hydrogens is 266 g/mol. The largest absolute Gasteiger partial charge is 0.396 e. The third-order valence-corrected chi connectivity index (χ3v) is 5.56. The van der Waals surface area contributed by atoms with Gasteiger partial charge in [-0.25, -0.2) is 4.79 Å². The fourth-order valence-electron chi connectivity index (χ4n) is 3.47. The van der Waals surface area contributed by atoms with Gasteiger partial charge in [0.15, 0.2) is 0 Å². The summed E-state index contributed by atoms with van der Waals surface area (Å²) >= 11 is 0. The maximum atomic E-state index is 12.3. The zero-order valence-electron chi connectivity index (χ0n) is 13.6. The van der Waals surface area contributed by atoms with Crippen LogP contribution in [0, 0.1) is 5.41 Å². The molecule has 2 amide bonds. The molecule has 0 radical (unpaired) electrons. The maximum absolute atomic E-state index is 12.3. The minimum atomic E-state index is 0.0449. The van der Waals surface area contributed by atoms with Gasteiger partial charge in [-0.2, -0.15) is 0 Å². The molecule has 2 aliphatic rings. The van der Waals surface area contributed by atoms with Crippen molar-refractivity contribution in [2.75, 3.05) is 39.3 Å². The van der Waals surface area contributed by atoms with E-state index in [1.54, 1.807) is 0 Å². The summed E-state index contributed by atoms with van der Waals surface area (Å²) in [6.07, 6.45) is 4.95. The molecule has 2 rings (SSSR count). The van der Waals surface area contributed by atoms with Gasteiger partial charge in [-0.3, -0.25) is 0 Å². The van der Waals surface area contributed by atoms with E-state index in [-0.39, 0.29) is 18.1 Å². The average Bonchev–Trinajstić information content (AvgIpc) is 2.55. The lowest BCUT2D eigenvalue weighted by Gasteiger charge is -2.41. The molecule has 5 heteroatoms. The van der Waals surface area contributed by atoms with Crippen molar-refractivity contribution >= 4 is 6.03 Å². The maximum Gasteiger partial charge on any atom is 0.317 e. The number of carbonyl (C=O) groups excluding carboxylic acids is 1. The molecule has 2 fully saturated rings. The summed E-state index contributed by atoms with van der Waals surface area (Å²) in [4.78, 5) is 16.7. The summed E-state index contributed by atoms with van der Waals surface area (Å²) in [5.74, 6) is 0. The highest BCUT2D eigenvalue weighted by molar-refractivity contribution is 5.74. The fourth-order valence-corrected chi connectivity index (χ4v) is 3.47. The number of nitrogens with zero attached hydrogens (tertiary/aromatic N) is 2. The molecule has 2 saturated heterocycles. The molecule has 0 saturated carbocycles. The number of amides is 2. The van der Waals surface area contributed by atoms with Gasteiger partial charge in [0.2, 0.25) is 0 Å². The molecular formula is C16H31N3O2. The van der Waals surface area contributed by atoms with Gasteiger partial charge in [0.25, 0.3) is 0 Å². The van der Waals surface area contributed by atoms with Gasteiger partial charge < -0.3 is 20.2 Å². The zero-order valence-corrected chi connectivity index (χ0v) is 13.6. The number of nitrogens with one attached hydrogen (secondary N) is 1. The lowest BCUT2D eigenvalue weighted by molar-refractivity contribution is 0.0509. The lowest BCUT2D eigenvalue weighted by atomic mass is 9.77. The number of likely N-dealkylation sites (tertiary alicyclic amines) is 2. The van der Waals surface area contributed by atoms with Crippen LogP contribution in [0.25, 0.3) is 0 Å². The Balaban J connectivity index is 1.75. The Bertz CT molecular complexity index is 326. The normalized spacial score (nSPS) is 24.0. The highest BCUT2D eigenvalue weighted by Gasteiger charge is 2.34. The molecule has 2 aliphatic heterocycles. The first-order chi connectivity index (χ1) is 10.1. The molecule has 0 atom stereocenters. The van der Waals surface area contributed by atoms with Gasteiger partial charge in [0, 0.05) is 38.8 Å². The SMILES string of the molecule is CCN1CCC(NC(=O)N2CCC(CC)(CO)CC2)CC1. The van der Waals surface area contributed by atoms with E-state index >= 15 is 0 Å². The number of aliphatic hydroxyl groups excluding tert-OH is 1. The van der Waals surface area contributed by atoms with Gasteiger partial charge >= 0.3 is 6.03 Å². The molecule has 0 bridgehead atoms. The van der Waals surface area contributed by atoms with Crippen LogP contribution in [0.3, 0.4) is 0 Å². The first-order valence-electron chi connectivity index (χ1n) is 8.51. The molecule has 0 aromatic carbocycles. The van der Waals surface area contributed by atoms with Crippen LogP contribution in [0.1, 0.15) is 46.0 Å². The standard InChI is InChI=1S/C16H31N3O2/c1-3-16(13-20)7-11-19(12-8-16)15(21)17-14-5-9-18(4-2)10-6-14/h14,20H,3-13H2,1-2H3,(H,17,21). The third-order valence-electron chi connectivity index (χ3n) is 5.56. The number of carbonyl (C=O) groups is 1. The highest BCUT2D eigenvalue weighted by atomic mass is 16.3. The quantitative estimate of drug-likeness (QED) is 0.830. The van der Waals surface area contributed by atoms with Crippen molar-refractivity contribution in [2.45, 2.75) is 52.0 Å². The van der Waals surface area contributed by atoms with Gasteiger partial charge in [-0.1, -0.05) is 13.8 Å². The Morgan fingerprint density at radius 2 is 1.81 bits per heavy atom. The van der Waals surface area contributed by atoms with E-state index in [2.05, 4.69) is 24.1 Å². The molecule has 0 aliphatic carbocycles. The summed E-state index contributed by atoms with van der Waals surface area (Å²) in [6, 6.07) is 0.420. The van der Waals surface area contributed by atoms with Gasteiger partial charge in [-0.15, -0.1) is 0 Å². The minimum absolute atomic E-state index is 0.0449. The number of hydrogen-bond acceptors (Lipinski definition) is 3. The van der Waals surface area contributed by atoms with Crippen LogP contribution in [0.5, 0.6) is 0 Å². The predicted octanol–water partition coefficient (Wildman–Crippen LogP) is 1.66. The molecule has 2 heterocycles. The third kappa shape index (κ3) is 4.10. The molecule has 5 nitrogen and oxygen atoms in total. The van der Waals surface area contributed by atoms with E-state index in [0.29, 0.717) is 6.04 Å². The number of urea groups is 1. The summed E-state index contributed by atoms with van der Waals surface area (Å²) < 4.78 is 0. The van der Waals surface area contributed by atoms with E-state index in [9.17, 15) is 9.90 Å². The van der Waals surface area contributed by atoms with Crippen LogP contribution in [-0.2, 0) is 0 Å². The van der Waals surface area contributed by atoms with Crippen molar-refractivity contribution in [3.8, 4) is 0 Å². The molecule has 2 N–H and O–H groups in total. The molecule has 0 spiro atoms.